The Hall–Kier alpha value is -5.34. The molecule has 6 rings (SSSR count). The van der Waals surface area contributed by atoms with Gasteiger partial charge in [0.2, 0.25) is 17.7 Å². The van der Waals surface area contributed by atoms with Gasteiger partial charge in [-0.05, 0) is 69.5 Å². The molecule has 2 aliphatic heterocycles. The predicted octanol–water partition coefficient (Wildman–Crippen LogP) is 5.38. The molecular weight excluding hydrogens is 706 g/mol. The Morgan fingerprint density at radius 1 is 1.12 bits per heavy atom. The molecule has 0 saturated carbocycles. The van der Waals surface area contributed by atoms with E-state index in [2.05, 4.69) is 16.0 Å². The van der Waals surface area contributed by atoms with Crippen LogP contribution in [0.15, 0.2) is 58.1 Å². The van der Waals surface area contributed by atoms with Gasteiger partial charge in [-0.15, -0.1) is 11.3 Å². The normalized spacial score (nSPS) is 17.3. The molecule has 2 atom stereocenters. The average molecular weight is 744 g/mol. The van der Waals surface area contributed by atoms with Gasteiger partial charge in [0.15, 0.2) is 6.61 Å². The second kappa shape index (κ2) is 15.5. The number of hydrogen-bond acceptors (Lipinski definition) is 10. The number of imide groups is 1. The lowest BCUT2D eigenvalue weighted by Gasteiger charge is -2.24. The van der Waals surface area contributed by atoms with Gasteiger partial charge in [-0.3, -0.25) is 45.2 Å². The molecular formula is C37H38ClN7O6S. The molecule has 1 fully saturated rings. The minimum atomic E-state index is -0.844. The molecule has 1 saturated heterocycles. The molecule has 0 radical (unpaired) electrons. The largest absolute Gasteiger partial charge is 0.484 e. The first kappa shape index (κ1) is 36.5. The maximum Gasteiger partial charge on any atom is 0.257 e. The number of fused-ring (bicyclic) bond motifs is 2. The summed E-state index contributed by atoms with van der Waals surface area (Å²) in [5, 5.41) is 27.5. The summed E-state index contributed by atoms with van der Waals surface area (Å²) in [6.07, 6.45) is 2.50. The van der Waals surface area contributed by atoms with Gasteiger partial charge in [-0.25, -0.2) is 0 Å². The Morgan fingerprint density at radius 3 is 2.56 bits per heavy atom. The Bertz CT molecular complexity index is 2120. The van der Waals surface area contributed by atoms with Gasteiger partial charge >= 0.3 is 0 Å². The van der Waals surface area contributed by atoms with Gasteiger partial charge in [-0.2, -0.15) is 0 Å². The molecule has 13 nitrogen and oxygen atoms in total. The number of amidine groups is 2. The van der Waals surface area contributed by atoms with Crippen LogP contribution in [0.4, 0.5) is 5.00 Å². The number of ether oxygens (including phenoxy) is 1. The first-order valence-electron chi connectivity index (χ1n) is 16.8. The van der Waals surface area contributed by atoms with E-state index < -0.39 is 12.0 Å². The van der Waals surface area contributed by atoms with Gasteiger partial charge in [0.1, 0.15) is 34.0 Å². The minimum absolute atomic E-state index is 0.0421. The maximum atomic E-state index is 13.1. The molecule has 0 bridgehead atoms. The van der Waals surface area contributed by atoms with Gasteiger partial charge in [0.05, 0.1) is 24.3 Å². The van der Waals surface area contributed by atoms with Crippen molar-refractivity contribution in [2.24, 2.45) is 4.99 Å². The summed E-state index contributed by atoms with van der Waals surface area (Å²) in [6, 6.07) is 11.5. The van der Waals surface area contributed by atoms with E-state index in [0.29, 0.717) is 52.4 Å². The number of nitrogens with zero attached hydrogens (tertiary/aromatic N) is 2. The van der Waals surface area contributed by atoms with Crippen molar-refractivity contribution in [3.05, 3.63) is 80.9 Å². The Labute approximate surface area is 308 Å². The summed E-state index contributed by atoms with van der Waals surface area (Å²) >= 11 is 7.66. The number of piperidine rings is 1. The van der Waals surface area contributed by atoms with Gasteiger partial charge in [-0.1, -0.05) is 23.7 Å². The number of benzene rings is 2. The zero-order valence-electron chi connectivity index (χ0n) is 28.9. The Balaban J connectivity index is 1.02. The summed E-state index contributed by atoms with van der Waals surface area (Å²) in [4.78, 5) is 57.2. The zero-order chi connectivity index (χ0) is 37.1. The molecule has 2 aliphatic rings. The number of carbonyl (C=O) groups excluding carboxylic acids is 4. The van der Waals surface area contributed by atoms with Crippen molar-refractivity contribution in [3.63, 3.8) is 0 Å². The number of halogens is 1. The van der Waals surface area contributed by atoms with E-state index in [1.807, 2.05) is 26.0 Å². The summed E-state index contributed by atoms with van der Waals surface area (Å²) < 4.78 is 11.3. The molecule has 5 N–H and O–H groups in total. The predicted molar refractivity (Wildman–Crippen MR) is 200 cm³/mol. The number of furan rings is 1. The molecule has 52 heavy (non-hydrogen) atoms. The number of thiophene rings is 1. The molecule has 1 unspecified atom stereocenters. The number of carbonyl (C=O) groups is 4. The number of nitrogens with one attached hydrogen (secondary N) is 5. The van der Waals surface area contributed by atoms with E-state index in [4.69, 9.17) is 36.6 Å². The monoisotopic (exact) mass is 743 g/mol. The number of aliphatic imine (C=N–C) groups is 1. The fourth-order valence-electron chi connectivity index (χ4n) is 6.26. The number of anilines is 1. The molecule has 270 valence electrons. The molecule has 2 aromatic carbocycles. The van der Waals surface area contributed by atoms with E-state index in [0.717, 1.165) is 26.6 Å². The highest BCUT2D eigenvalue weighted by Crippen LogP contribution is 2.40. The zero-order valence-corrected chi connectivity index (χ0v) is 30.4. The molecule has 4 amide bonds. The fourth-order valence-corrected chi connectivity index (χ4v) is 7.61. The van der Waals surface area contributed by atoms with Crippen molar-refractivity contribution in [1.82, 2.24) is 16.0 Å². The summed E-state index contributed by atoms with van der Waals surface area (Å²) in [5.74, 6) is -1.21. The first-order chi connectivity index (χ1) is 24.9. The Kier molecular flexibility index (Phi) is 10.9. The third kappa shape index (κ3) is 7.77. The van der Waals surface area contributed by atoms with Crippen LogP contribution in [0.25, 0.3) is 11.0 Å². The lowest BCUT2D eigenvalue weighted by molar-refractivity contribution is -0.134. The molecule has 4 heterocycles. The molecule has 2 aromatic heterocycles. The van der Waals surface area contributed by atoms with Crippen LogP contribution in [0.1, 0.15) is 65.7 Å². The van der Waals surface area contributed by atoms with E-state index in [1.165, 1.54) is 17.6 Å². The number of hydrogen-bond donors (Lipinski definition) is 5. The van der Waals surface area contributed by atoms with Crippen molar-refractivity contribution in [3.8, 4) is 5.75 Å². The van der Waals surface area contributed by atoms with Crippen LogP contribution in [0.5, 0.6) is 5.75 Å². The third-order valence-electron chi connectivity index (χ3n) is 9.04. The van der Waals surface area contributed by atoms with E-state index >= 15 is 0 Å². The molecule has 15 heteroatoms. The third-order valence-corrected chi connectivity index (χ3v) is 10.5. The Morgan fingerprint density at radius 2 is 1.85 bits per heavy atom. The number of aryl methyl sites for hydroxylation is 1. The second-order valence-electron chi connectivity index (χ2n) is 12.7. The van der Waals surface area contributed by atoms with Crippen LogP contribution in [0.3, 0.4) is 0 Å². The van der Waals surface area contributed by atoms with Crippen molar-refractivity contribution < 1.29 is 28.3 Å². The standard InChI is InChI=1S/C37H38ClN7O6S/c1-19-20(2)52-37-33(19)34(22-5-7-23(38)8-6-22)43-28(35(40)45(37)21(3)39)16-31(47)41-13-4-14-42-32(48)18-50-24-9-11-29-26(15-24)27(17-51-29)25-10-12-30(46)44-36(25)49/h5-9,11,15,17,25,28,39-40H,4,10,12-14,16,18H2,1-3H3,(H,41,47)(H,42,48)(H,44,46,49)/t25?,28-/m0/s1. The summed E-state index contributed by atoms with van der Waals surface area (Å²) in [7, 11) is 0. The average Bonchev–Trinajstić information content (AvgIpc) is 3.61. The van der Waals surface area contributed by atoms with Crippen molar-refractivity contribution >= 4 is 79.9 Å². The van der Waals surface area contributed by atoms with Crippen molar-refractivity contribution in [1.29, 1.82) is 10.8 Å². The molecule has 4 aromatic rings. The summed E-state index contributed by atoms with van der Waals surface area (Å²) in [5.41, 5.74) is 4.50. The van der Waals surface area contributed by atoms with Crippen LogP contribution in [0.2, 0.25) is 5.02 Å². The minimum Gasteiger partial charge on any atom is -0.484 e. The highest BCUT2D eigenvalue weighted by molar-refractivity contribution is 7.17. The maximum absolute atomic E-state index is 13.1. The van der Waals surface area contributed by atoms with Crippen LogP contribution in [0, 0.1) is 24.7 Å². The highest BCUT2D eigenvalue weighted by atomic mass is 35.5. The van der Waals surface area contributed by atoms with Gasteiger partial charge in [0, 0.05) is 51.5 Å². The quantitative estimate of drug-likeness (QED) is 0.0590. The SMILES string of the molecule is CC(=N)N1C(=N)[C@H](CC(=O)NCCCNC(=O)COc2ccc3occ(C4CCC(=O)NC4=O)c3c2)N=C(c2ccc(Cl)cc2)c2c1sc(C)c2C. The van der Waals surface area contributed by atoms with Crippen LogP contribution < -0.4 is 25.6 Å². The van der Waals surface area contributed by atoms with Crippen molar-refractivity contribution in [2.45, 2.75) is 58.4 Å². The van der Waals surface area contributed by atoms with Crippen LogP contribution in [-0.2, 0) is 19.2 Å². The molecule has 0 spiro atoms. The first-order valence-corrected chi connectivity index (χ1v) is 18.0. The lowest BCUT2D eigenvalue weighted by atomic mass is 9.90. The lowest BCUT2D eigenvalue weighted by Crippen LogP contribution is -2.42. The smallest absolute Gasteiger partial charge is 0.257 e. The topological polar surface area (TPSA) is 190 Å². The van der Waals surface area contributed by atoms with Gasteiger partial charge in [0.25, 0.3) is 5.91 Å². The molecule has 0 aliphatic carbocycles. The van der Waals surface area contributed by atoms with E-state index in [-0.39, 0.29) is 61.3 Å². The second-order valence-corrected chi connectivity index (χ2v) is 14.3. The number of amides is 4. The van der Waals surface area contributed by atoms with E-state index in [1.54, 1.807) is 42.2 Å². The summed E-state index contributed by atoms with van der Waals surface area (Å²) in [6.45, 7) is 5.95. The van der Waals surface area contributed by atoms with Crippen molar-refractivity contribution in [2.75, 3.05) is 24.6 Å². The van der Waals surface area contributed by atoms with Gasteiger partial charge < -0.3 is 19.8 Å². The van der Waals surface area contributed by atoms with E-state index in [9.17, 15) is 19.2 Å². The highest BCUT2D eigenvalue weighted by Gasteiger charge is 2.35. The fraction of sp³-hybridized carbons (Fsp3) is 0.324. The number of rotatable bonds is 11. The van der Waals surface area contributed by atoms with Crippen LogP contribution >= 0.6 is 22.9 Å². The van der Waals surface area contributed by atoms with Crippen LogP contribution in [-0.4, -0.2) is 66.7 Å².